The van der Waals surface area contributed by atoms with Gasteiger partial charge in [-0.05, 0) is 57.4 Å². The monoisotopic (exact) mass is 328 g/mol. The quantitative estimate of drug-likeness (QED) is 0.891. The Balaban J connectivity index is 1.86. The molecule has 1 aromatic carbocycles. The fourth-order valence-corrected chi connectivity index (χ4v) is 2.97. The lowest BCUT2D eigenvalue weighted by Gasteiger charge is -2.28. The number of alkyl halides is 3. The van der Waals surface area contributed by atoms with Gasteiger partial charge in [0.2, 0.25) is 5.91 Å². The largest absolute Gasteiger partial charge is 0.416 e. The lowest BCUT2D eigenvalue weighted by Crippen LogP contribution is -2.45. The van der Waals surface area contributed by atoms with Crippen LogP contribution in [-0.2, 0) is 17.4 Å². The van der Waals surface area contributed by atoms with Gasteiger partial charge in [-0.25, -0.2) is 0 Å². The number of rotatable bonds is 4. The maximum absolute atomic E-state index is 12.5. The lowest BCUT2D eigenvalue weighted by molar-refractivity contribution is -0.137. The minimum Gasteiger partial charge on any atom is -0.353 e. The predicted molar refractivity (Wildman–Crippen MR) is 82.9 cm³/mol. The van der Waals surface area contributed by atoms with Crippen molar-refractivity contribution in [3.05, 3.63) is 35.4 Å². The van der Waals surface area contributed by atoms with Crippen molar-refractivity contribution in [2.75, 3.05) is 6.54 Å². The van der Waals surface area contributed by atoms with Crippen LogP contribution in [0.15, 0.2) is 24.3 Å². The Labute approximate surface area is 134 Å². The van der Waals surface area contributed by atoms with Crippen LogP contribution in [0.25, 0.3) is 0 Å². The number of benzene rings is 1. The summed E-state index contributed by atoms with van der Waals surface area (Å²) >= 11 is 0. The highest BCUT2D eigenvalue weighted by molar-refractivity contribution is 5.79. The van der Waals surface area contributed by atoms with Crippen LogP contribution in [0.4, 0.5) is 13.2 Å². The van der Waals surface area contributed by atoms with Crippen molar-refractivity contribution in [1.82, 2.24) is 10.6 Å². The molecule has 6 heteroatoms. The number of hydrogen-bond donors (Lipinski definition) is 2. The molecule has 1 aliphatic rings. The van der Waals surface area contributed by atoms with Gasteiger partial charge in [-0.2, -0.15) is 13.2 Å². The van der Waals surface area contributed by atoms with Crippen molar-refractivity contribution in [2.45, 2.75) is 51.4 Å². The zero-order valence-corrected chi connectivity index (χ0v) is 13.4. The second-order valence-electron chi connectivity index (χ2n) is 6.38. The molecule has 3 nitrogen and oxygen atoms in total. The van der Waals surface area contributed by atoms with E-state index in [0.717, 1.165) is 37.1 Å². The number of nitrogens with one attached hydrogen (secondary N) is 2. The van der Waals surface area contributed by atoms with Crippen LogP contribution < -0.4 is 10.6 Å². The van der Waals surface area contributed by atoms with Crippen LogP contribution in [0.5, 0.6) is 0 Å². The molecular formula is C17H23F3N2O. The molecule has 1 saturated heterocycles. The van der Waals surface area contributed by atoms with Crippen LogP contribution in [0.2, 0.25) is 0 Å². The lowest BCUT2D eigenvalue weighted by atomic mass is 9.92. The minimum absolute atomic E-state index is 0.0151. The molecule has 0 bridgehead atoms. The van der Waals surface area contributed by atoms with Gasteiger partial charge in [-0.15, -0.1) is 0 Å². The van der Waals surface area contributed by atoms with Gasteiger partial charge in [0, 0.05) is 18.0 Å². The molecule has 1 amide bonds. The topological polar surface area (TPSA) is 41.1 Å². The Morgan fingerprint density at radius 3 is 2.57 bits per heavy atom. The number of carbonyl (C=O) groups excluding carboxylic acids is 1. The minimum atomic E-state index is -4.32. The van der Waals surface area contributed by atoms with E-state index < -0.39 is 11.7 Å². The maximum Gasteiger partial charge on any atom is 0.416 e. The van der Waals surface area contributed by atoms with E-state index in [4.69, 9.17) is 0 Å². The van der Waals surface area contributed by atoms with Crippen LogP contribution >= 0.6 is 0 Å². The normalized spacial score (nSPS) is 23.3. The zero-order chi connectivity index (χ0) is 17.0. The number of hydrogen-bond acceptors (Lipinski definition) is 2. The molecule has 1 aromatic rings. The van der Waals surface area contributed by atoms with Crippen LogP contribution in [-0.4, -0.2) is 24.5 Å². The van der Waals surface area contributed by atoms with Crippen molar-refractivity contribution < 1.29 is 18.0 Å². The highest BCUT2D eigenvalue weighted by Gasteiger charge is 2.30. The van der Waals surface area contributed by atoms with Gasteiger partial charge in [-0.1, -0.05) is 12.1 Å². The van der Waals surface area contributed by atoms with Crippen LogP contribution in [0, 0.1) is 5.92 Å². The van der Waals surface area contributed by atoms with E-state index in [1.165, 1.54) is 12.1 Å². The van der Waals surface area contributed by atoms with E-state index >= 15 is 0 Å². The Bertz CT molecular complexity index is 528. The van der Waals surface area contributed by atoms with E-state index in [0.29, 0.717) is 12.5 Å². The fraction of sp³-hybridized carbons (Fsp3) is 0.588. The molecule has 1 fully saturated rings. The summed E-state index contributed by atoms with van der Waals surface area (Å²) < 4.78 is 37.6. The SMILES string of the molecule is CC(Cc1ccc(C(F)(F)F)cc1)NC(=O)[C@H]1CCN[C@@H](C)C1. The molecule has 0 aromatic heterocycles. The van der Waals surface area contributed by atoms with Crippen molar-refractivity contribution in [1.29, 1.82) is 0 Å². The summed E-state index contributed by atoms with van der Waals surface area (Å²) in [6, 6.07) is 5.33. The smallest absolute Gasteiger partial charge is 0.353 e. The molecule has 0 aliphatic carbocycles. The maximum atomic E-state index is 12.5. The van der Waals surface area contributed by atoms with E-state index in [1.54, 1.807) is 0 Å². The summed E-state index contributed by atoms with van der Waals surface area (Å²) in [5, 5.41) is 6.28. The van der Waals surface area contributed by atoms with E-state index in [2.05, 4.69) is 17.6 Å². The summed E-state index contributed by atoms with van der Waals surface area (Å²) in [6.07, 6.45) is -2.16. The first-order valence-electron chi connectivity index (χ1n) is 7.95. The first-order chi connectivity index (χ1) is 10.8. The Morgan fingerprint density at radius 1 is 1.35 bits per heavy atom. The predicted octanol–water partition coefficient (Wildman–Crippen LogP) is 3.14. The third-order valence-corrected chi connectivity index (χ3v) is 4.21. The fourth-order valence-electron chi connectivity index (χ4n) is 2.97. The molecular weight excluding hydrogens is 305 g/mol. The van der Waals surface area contributed by atoms with Gasteiger partial charge >= 0.3 is 6.18 Å². The van der Waals surface area contributed by atoms with Crippen molar-refractivity contribution in [2.24, 2.45) is 5.92 Å². The highest BCUT2D eigenvalue weighted by atomic mass is 19.4. The third kappa shape index (κ3) is 5.23. The van der Waals surface area contributed by atoms with Gasteiger partial charge in [0.25, 0.3) is 0 Å². The van der Waals surface area contributed by atoms with Crippen LogP contribution in [0.1, 0.15) is 37.8 Å². The highest BCUT2D eigenvalue weighted by Crippen LogP contribution is 2.29. The van der Waals surface area contributed by atoms with Crippen molar-refractivity contribution in [3.8, 4) is 0 Å². The molecule has 2 rings (SSSR count). The average molecular weight is 328 g/mol. The summed E-state index contributed by atoms with van der Waals surface area (Å²) in [6.45, 7) is 4.78. The third-order valence-electron chi connectivity index (χ3n) is 4.21. The molecule has 0 spiro atoms. The molecule has 128 valence electrons. The van der Waals surface area contributed by atoms with E-state index in [9.17, 15) is 18.0 Å². The first-order valence-corrected chi connectivity index (χ1v) is 7.95. The summed E-state index contributed by atoms with van der Waals surface area (Å²) in [5.41, 5.74) is 0.131. The molecule has 2 N–H and O–H groups in total. The average Bonchev–Trinajstić information content (AvgIpc) is 2.46. The van der Waals surface area contributed by atoms with E-state index in [1.807, 2.05) is 6.92 Å². The molecule has 0 radical (unpaired) electrons. The summed E-state index contributed by atoms with van der Waals surface area (Å²) in [4.78, 5) is 12.2. The van der Waals surface area contributed by atoms with Gasteiger partial charge < -0.3 is 10.6 Å². The van der Waals surface area contributed by atoms with Gasteiger partial charge in [0.15, 0.2) is 0 Å². The second kappa shape index (κ2) is 7.34. The van der Waals surface area contributed by atoms with E-state index in [-0.39, 0.29) is 17.9 Å². The summed E-state index contributed by atoms with van der Waals surface area (Å²) in [5.74, 6) is 0.0547. The zero-order valence-electron chi connectivity index (χ0n) is 13.4. The number of halogens is 3. The van der Waals surface area contributed by atoms with Crippen LogP contribution in [0.3, 0.4) is 0 Å². The molecule has 1 aliphatic heterocycles. The first kappa shape index (κ1) is 17.8. The summed E-state index contributed by atoms with van der Waals surface area (Å²) in [7, 11) is 0. The molecule has 3 atom stereocenters. The standard InChI is InChI=1S/C17H23F3N2O/c1-11-10-14(7-8-21-11)16(23)22-12(2)9-13-3-5-15(6-4-13)17(18,19)20/h3-6,11-12,14,21H,7-10H2,1-2H3,(H,22,23)/t11-,12?,14-/m0/s1. The van der Waals surface area contributed by atoms with Gasteiger partial charge in [0.1, 0.15) is 0 Å². The van der Waals surface area contributed by atoms with Crippen molar-refractivity contribution >= 4 is 5.91 Å². The molecule has 1 unspecified atom stereocenters. The number of amides is 1. The number of piperidine rings is 1. The Morgan fingerprint density at radius 2 is 2.00 bits per heavy atom. The second-order valence-corrected chi connectivity index (χ2v) is 6.38. The molecule has 0 saturated carbocycles. The molecule has 23 heavy (non-hydrogen) atoms. The molecule has 1 heterocycles. The Kier molecular flexibility index (Phi) is 5.68. The number of carbonyl (C=O) groups is 1. The van der Waals surface area contributed by atoms with Gasteiger partial charge in [-0.3, -0.25) is 4.79 Å². The Hall–Kier alpha value is -1.56. The van der Waals surface area contributed by atoms with Gasteiger partial charge in [0.05, 0.1) is 5.56 Å². The van der Waals surface area contributed by atoms with Crippen molar-refractivity contribution in [3.63, 3.8) is 0 Å².